The average molecular weight is 699 g/mol. The summed E-state index contributed by atoms with van der Waals surface area (Å²) in [6, 6.07) is 3.38. The minimum atomic E-state index is -4.67. The number of carbonyl (C=O) groups is 2. The Kier molecular flexibility index (Phi) is 8.86. The van der Waals surface area contributed by atoms with Gasteiger partial charge in [-0.1, -0.05) is 6.07 Å². The third-order valence-corrected chi connectivity index (χ3v) is 8.56. The van der Waals surface area contributed by atoms with Crippen LogP contribution in [-0.4, -0.2) is 74.1 Å². The number of nitrogens with zero attached hydrogens (tertiary/aromatic N) is 5. The Bertz CT molecular complexity index is 2280. The number of nitrogens with one attached hydrogen (secondary N) is 1. The number of hydrogen-bond acceptors (Lipinski definition) is 8. The summed E-state index contributed by atoms with van der Waals surface area (Å²) < 4.78 is 77.9. The van der Waals surface area contributed by atoms with Crippen molar-refractivity contribution in [3.63, 3.8) is 0 Å². The molecule has 0 unspecified atom stereocenters. The standard InChI is InChI=1S/C33H27F5N6O6/c1-16-9-19(43-7-8-50-15-26(43)33(36,37)38)12-22(35)27(16)29(45)41-23(31(47)48)10-17-3-4-24(28-21(17)11-18(34)13-40-28)44-30(46)20-5-6-39-14-25(20)42(2)32(44)49/h3-6,9,11-14,23,26H,7-8,10,15H2,1-2H3,(H,41,45)(H,47,48)/t23-,26+/m0/s1. The van der Waals surface area contributed by atoms with Crippen molar-refractivity contribution >= 4 is 39.4 Å². The summed E-state index contributed by atoms with van der Waals surface area (Å²) in [4.78, 5) is 61.4. The molecule has 1 amide bonds. The highest BCUT2D eigenvalue weighted by Gasteiger charge is 2.45. The van der Waals surface area contributed by atoms with Gasteiger partial charge in [0.1, 0.15) is 23.7 Å². The molecule has 1 fully saturated rings. The van der Waals surface area contributed by atoms with Crippen LogP contribution in [0.2, 0.25) is 0 Å². The van der Waals surface area contributed by atoms with E-state index in [9.17, 15) is 41.8 Å². The Labute approximate surface area is 278 Å². The Morgan fingerprint density at radius 3 is 2.56 bits per heavy atom. The molecule has 12 nitrogen and oxygen atoms in total. The van der Waals surface area contributed by atoms with Crippen molar-refractivity contribution in [3.05, 3.63) is 104 Å². The molecule has 5 aromatic rings. The lowest BCUT2D eigenvalue weighted by atomic mass is 9.99. The first-order valence-electron chi connectivity index (χ1n) is 15.1. The summed E-state index contributed by atoms with van der Waals surface area (Å²) in [6.45, 7) is 0.434. The number of benzene rings is 2. The zero-order chi connectivity index (χ0) is 36.1. The SMILES string of the molecule is Cc1cc(N2CCOC[C@@H]2C(F)(F)F)cc(F)c1C(=O)N[C@@H](Cc1ccc(-n2c(=O)c3ccncc3n(C)c2=O)c2ncc(F)cc12)C(=O)O. The van der Waals surface area contributed by atoms with Crippen molar-refractivity contribution < 1.29 is 41.4 Å². The number of hydrogen-bond donors (Lipinski definition) is 2. The Balaban J connectivity index is 1.34. The highest BCUT2D eigenvalue weighted by atomic mass is 19.4. The lowest BCUT2D eigenvalue weighted by Crippen LogP contribution is -2.53. The molecule has 50 heavy (non-hydrogen) atoms. The van der Waals surface area contributed by atoms with Crippen LogP contribution in [0.5, 0.6) is 0 Å². The fourth-order valence-corrected chi connectivity index (χ4v) is 6.12. The van der Waals surface area contributed by atoms with E-state index in [-0.39, 0.29) is 57.5 Å². The predicted molar refractivity (Wildman–Crippen MR) is 170 cm³/mol. The smallest absolute Gasteiger partial charge is 0.411 e. The number of carbonyl (C=O) groups excluding carboxylic acids is 1. The van der Waals surface area contributed by atoms with E-state index in [0.717, 1.165) is 27.8 Å². The maximum atomic E-state index is 15.4. The number of aromatic nitrogens is 4. The zero-order valence-electron chi connectivity index (χ0n) is 26.3. The van der Waals surface area contributed by atoms with E-state index in [4.69, 9.17) is 4.74 Å². The van der Waals surface area contributed by atoms with Crippen LogP contribution in [0, 0.1) is 18.6 Å². The summed E-state index contributed by atoms with van der Waals surface area (Å²) in [7, 11) is 1.44. The number of aliphatic carboxylic acids is 1. The minimum absolute atomic E-state index is 0.0187. The van der Waals surface area contributed by atoms with Gasteiger partial charge in [0.2, 0.25) is 0 Å². The molecule has 0 bridgehead atoms. The van der Waals surface area contributed by atoms with Gasteiger partial charge in [0, 0.05) is 37.3 Å². The van der Waals surface area contributed by atoms with Gasteiger partial charge < -0.3 is 20.1 Å². The molecule has 1 saturated heterocycles. The number of morpholine rings is 1. The van der Waals surface area contributed by atoms with Gasteiger partial charge >= 0.3 is 17.8 Å². The number of fused-ring (bicyclic) bond motifs is 2. The summed E-state index contributed by atoms with van der Waals surface area (Å²) in [5.41, 5.74) is -1.83. The average Bonchev–Trinajstić information content (AvgIpc) is 3.07. The van der Waals surface area contributed by atoms with Crippen molar-refractivity contribution in [2.45, 2.75) is 31.6 Å². The van der Waals surface area contributed by atoms with E-state index in [0.29, 0.717) is 0 Å². The van der Waals surface area contributed by atoms with Gasteiger partial charge in [-0.3, -0.25) is 24.1 Å². The second-order valence-electron chi connectivity index (χ2n) is 11.7. The number of amides is 1. The van der Waals surface area contributed by atoms with Gasteiger partial charge in [-0.2, -0.15) is 13.2 Å². The molecule has 1 aliphatic heterocycles. The summed E-state index contributed by atoms with van der Waals surface area (Å²) in [5.74, 6) is -4.68. The number of alkyl halides is 3. The molecule has 0 spiro atoms. The number of carboxylic acid groups (broad SMARTS) is 1. The van der Waals surface area contributed by atoms with Crippen molar-refractivity contribution in [3.8, 4) is 5.69 Å². The molecule has 260 valence electrons. The second kappa shape index (κ2) is 13.0. The van der Waals surface area contributed by atoms with Crippen LogP contribution in [0.4, 0.5) is 27.6 Å². The summed E-state index contributed by atoms with van der Waals surface area (Å²) in [6.07, 6.45) is -1.56. The lowest BCUT2D eigenvalue weighted by Gasteiger charge is -2.38. The Hall–Kier alpha value is -5.71. The molecule has 0 saturated carbocycles. The molecular formula is C33H27F5N6O6. The van der Waals surface area contributed by atoms with Crippen LogP contribution >= 0.6 is 0 Å². The number of pyridine rings is 2. The molecule has 2 N–H and O–H groups in total. The number of halogens is 5. The number of carboxylic acids is 1. The first kappa shape index (κ1) is 34.2. The van der Waals surface area contributed by atoms with Gasteiger partial charge in [0.05, 0.1) is 53.3 Å². The largest absolute Gasteiger partial charge is 0.480 e. The number of rotatable bonds is 7. The van der Waals surface area contributed by atoms with E-state index >= 15 is 4.39 Å². The normalized spacial score (nSPS) is 15.7. The first-order chi connectivity index (χ1) is 23.7. The van der Waals surface area contributed by atoms with Gasteiger partial charge in [0.25, 0.3) is 11.5 Å². The third-order valence-electron chi connectivity index (χ3n) is 8.56. The molecule has 4 heterocycles. The van der Waals surface area contributed by atoms with Gasteiger partial charge in [-0.25, -0.2) is 22.9 Å². The van der Waals surface area contributed by atoms with E-state index in [1.807, 2.05) is 0 Å². The molecule has 2 atom stereocenters. The second-order valence-corrected chi connectivity index (χ2v) is 11.7. The van der Waals surface area contributed by atoms with Gasteiger partial charge in [-0.15, -0.1) is 0 Å². The van der Waals surface area contributed by atoms with E-state index in [2.05, 4.69) is 15.3 Å². The van der Waals surface area contributed by atoms with Crippen molar-refractivity contribution in [1.82, 2.24) is 24.4 Å². The van der Waals surface area contributed by atoms with Gasteiger partial charge in [0.15, 0.2) is 0 Å². The molecular weight excluding hydrogens is 671 g/mol. The number of anilines is 1. The molecule has 0 aliphatic carbocycles. The monoisotopic (exact) mass is 698 g/mol. The fraction of sp³-hybridized carbons (Fsp3) is 0.273. The highest BCUT2D eigenvalue weighted by Crippen LogP contribution is 2.33. The van der Waals surface area contributed by atoms with Crippen molar-refractivity contribution in [2.75, 3.05) is 24.7 Å². The van der Waals surface area contributed by atoms with Crippen molar-refractivity contribution in [1.29, 1.82) is 0 Å². The molecule has 0 radical (unpaired) electrons. The number of aryl methyl sites for hydroxylation is 2. The fourth-order valence-electron chi connectivity index (χ4n) is 6.12. The van der Waals surface area contributed by atoms with E-state index in [1.54, 1.807) is 0 Å². The quantitative estimate of drug-likeness (QED) is 0.244. The molecule has 3 aromatic heterocycles. The molecule has 2 aromatic carbocycles. The van der Waals surface area contributed by atoms with E-state index in [1.165, 1.54) is 55.2 Å². The zero-order valence-corrected chi connectivity index (χ0v) is 26.3. The topological polar surface area (TPSA) is 149 Å². The summed E-state index contributed by atoms with van der Waals surface area (Å²) >= 11 is 0. The van der Waals surface area contributed by atoms with E-state index < -0.39 is 71.6 Å². The lowest BCUT2D eigenvalue weighted by molar-refractivity contribution is -0.167. The highest BCUT2D eigenvalue weighted by molar-refractivity contribution is 5.99. The molecule has 6 rings (SSSR count). The molecule has 1 aliphatic rings. The first-order valence-corrected chi connectivity index (χ1v) is 15.1. The van der Waals surface area contributed by atoms with Gasteiger partial charge in [-0.05, 0) is 48.4 Å². The van der Waals surface area contributed by atoms with Crippen LogP contribution in [-0.2, 0) is 23.0 Å². The Morgan fingerprint density at radius 2 is 1.86 bits per heavy atom. The predicted octanol–water partition coefficient (Wildman–Crippen LogP) is 3.41. The third kappa shape index (κ3) is 6.15. The van der Waals surface area contributed by atoms with Crippen molar-refractivity contribution in [2.24, 2.45) is 7.05 Å². The maximum absolute atomic E-state index is 15.4. The van der Waals surface area contributed by atoms with Crippen LogP contribution in [0.3, 0.4) is 0 Å². The minimum Gasteiger partial charge on any atom is -0.480 e. The Morgan fingerprint density at radius 1 is 1.10 bits per heavy atom. The maximum Gasteiger partial charge on any atom is 0.411 e. The van der Waals surface area contributed by atoms with Crippen LogP contribution in [0.15, 0.2) is 64.6 Å². The number of ether oxygens (including phenoxy) is 1. The molecule has 17 heteroatoms. The van der Waals surface area contributed by atoms with Crippen LogP contribution in [0.25, 0.3) is 27.5 Å². The van der Waals surface area contributed by atoms with Crippen LogP contribution < -0.4 is 21.5 Å². The summed E-state index contributed by atoms with van der Waals surface area (Å²) in [5, 5.41) is 12.5. The van der Waals surface area contributed by atoms with Crippen LogP contribution in [0.1, 0.15) is 21.5 Å².